The van der Waals surface area contributed by atoms with E-state index in [9.17, 15) is 29.4 Å². The molecule has 0 fully saturated rings. The third-order valence-electron chi connectivity index (χ3n) is 9.84. The lowest BCUT2D eigenvalue weighted by atomic mass is 9.90. The molecule has 4 aromatic rings. The van der Waals surface area contributed by atoms with E-state index in [1.807, 2.05) is 72.8 Å². The lowest BCUT2D eigenvalue weighted by molar-refractivity contribution is -0.129. The Labute approximate surface area is 341 Å². The number of carbonyl (C=O) groups excluding carboxylic acids is 4. The van der Waals surface area contributed by atoms with Gasteiger partial charge in [0.05, 0.1) is 24.3 Å². The number of hydrogen-bond acceptors (Lipinski definition) is 8. The number of urea groups is 2. The van der Waals surface area contributed by atoms with E-state index in [1.165, 1.54) is 9.80 Å². The zero-order chi connectivity index (χ0) is 42.2. The number of aromatic nitrogens is 2. The summed E-state index contributed by atoms with van der Waals surface area (Å²) in [4.78, 5) is 65.9. The van der Waals surface area contributed by atoms with E-state index in [-0.39, 0.29) is 37.8 Å². The van der Waals surface area contributed by atoms with Crippen LogP contribution in [-0.2, 0) is 35.5 Å². The van der Waals surface area contributed by atoms with E-state index in [0.717, 1.165) is 16.7 Å². The molecule has 0 saturated carbocycles. The molecule has 0 bridgehead atoms. The van der Waals surface area contributed by atoms with Crippen LogP contribution in [0, 0.1) is 11.8 Å². The van der Waals surface area contributed by atoms with Crippen LogP contribution in [0.3, 0.4) is 0 Å². The molecule has 0 saturated heterocycles. The van der Waals surface area contributed by atoms with Crippen LogP contribution in [0.4, 0.5) is 9.59 Å². The SMILES string of the molecule is CC(C)[C@H](NC(=O)N(C)Cc1ccccn1)C(=O)N[C@@H](Cc1ccccc1)[C@H](O)[C@@H](O)[C@H](Cc1ccccc1)NC(=O)[C@H](NC(=O)N(C)Cc1cccnc1)C(C)C. The summed E-state index contributed by atoms with van der Waals surface area (Å²) in [5.41, 5.74) is 3.05. The molecule has 4 rings (SSSR count). The minimum atomic E-state index is -1.59. The summed E-state index contributed by atoms with van der Waals surface area (Å²) < 4.78 is 0. The largest absolute Gasteiger partial charge is 0.388 e. The minimum absolute atomic E-state index is 0.128. The van der Waals surface area contributed by atoms with Gasteiger partial charge < -0.3 is 41.3 Å². The molecule has 2 aromatic carbocycles. The highest BCUT2D eigenvalue weighted by atomic mass is 16.3. The van der Waals surface area contributed by atoms with Crippen LogP contribution >= 0.6 is 0 Å². The summed E-state index contributed by atoms with van der Waals surface area (Å²) in [6, 6.07) is 22.4. The second kappa shape index (κ2) is 22.2. The molecule has 0 aliphatic heterocycles. The monoisotopic (exact) mass is 794 g/mol. The minimum Gasteiger partial charge on any atom is -0.388 e. The van der Waals surface area contributed by atoms with Gasteiger partial charge in [-0.1, -0.05) is 100 Å². The van der Waals surface area contributed by atoms with Crippen molar-refractivity contribution in [2.75, 3.05) is 14.1 Å². The molecule has 2 aromatic heterocycles. The van der Waals surface area contributed by atoms with Gasteiger partial charge in [0, 0.05) is 39.2 Å². The number of nitrogens with zero attached hydrogens (tertiary/aromatic N) is 4. The van der Waals surface area contributed by atoms with Gasteiger partial charge in [0.15, 0.2) is 0 Å². The fraction of sp³-hybridized carbons (Fsp3) is 0.409. The molecule has 6 N–H and O–H groups in total. The summed E-state index contributed by atoms with van der Waals surface area (Å²) in [6.45, 7) is 7.69. The quantitative estimate of drug-likeness (QED) is 0.0829. The Kier molecular flexibility index (Phi) is 17.1. The summed E-state index contributed by atoms with van der Waals surface area (Å²) >= 11 is 0. The van der Waals surface area contributed by atoms with E-state index in [0.29, 0.717) is 5.69 Å². The van der Waals surface area contributed by atoms with E-state index < -0.39 is 60.3 Å². The topological polar surface area (TPSA) is 189 Å². The molecule has 6 amide bonds. The highest BCUT2D eigenvalue weighted by Gasteiger charge is 2.38. The van der Waals surface area contributed by atoms with Gasteiger partial charge >= 0.3 is 12.1 Å². The smallest absolute Gasteiger partial charge is 0.318 e. The first-order valence-electron chi connectivity index (χ1n) is 19.6. The molecule has 0 radical (unpaired) electrons. The normalized spacial score (nSPS) is 14.3. The molecule has 0 aliphatic rings. The Morgan fingerprint density at radius 2 is 1.02 bits per heavy atom. The number of amides is 6. The predicted molar refractivity (Wildman–Crippen MR) is 222 cm³/mol. The molecule has 14 nitrogen and oxygen atoms in total. The van der Waals surface area contributed by atoms with Crippen LogP contribution in [0.1, 0.15) is 50.1 Å². The van der Waals surface area contributed by atoms with Crippen LogP contribution in [0.5, 0.6) is 0 Å². The predicted octanol–water partition coefficient (Wildman–Crippen LogP) is 3.69. The molecule has 6 atom stereocenters. The van der Waals surface area contributed by atoms with Crippen molar-refractivity contribution >= 4 is 23.9 Å². The average Bonchev–Trinajstić information content (AvgIpc) is 3.21. The Morgan fingerprint density at radius 3 is 1.43 bits per heavy atom. The van der Waals surface area contributed by atoms with Crippen molar-refractivity contribution in [2.24, 2.45) is 11.8 Å². The zero-order valence-corrected chi connectivity index (χ0v) is 34.2. The van der Waals surface area contributed by atoms with Crippen molar-refractivity contribution < 1.29 is 29.4 Å². The molecule has 0 unspecified atom stereocenters. The second-order valence-corrected chi connectivity index (χ2v) is 15.3. The maximum atomic E-state index is 14.0. The van der Waals surface area contributed by atoms with Crippen LogP contribution in [-0.4, -0.2) is 104 Å². The standard InChI is InChI=1S/C44H58N8O6/c1-29(2)37(49-43(57)51(5)27-33-20-15-22-45-26-33)41(55)47-35(24-31-16-9-7-10-17-31)39(53)40(54)36(25-32-18-11-8-12-19-32)48-42(56)38(30(3)4)50-44(58)52(6)28-34-21-13-14-23-46-34/h7-23,26,29-30,35-40,53-54H,24-25,27-28H2,1-6H3,(H,47,55)(H,48,56)(H,49,57)(H,50,58)/t35-,36-,37+,38-,39-,40-/m0/s1. The Bertz CT molecular complexity index is 1730. The van der Waals surface area contributed by atoms with Crippen molar-refractivity contribution in [3.63, 3.8) is 0 Å². The highest BCUT2D eigenvalue weighted by molar-refractivity contribution is 5.88. The molecular weight excluding hydrogens is 737 g/mol. The summed E-state index contributed by atoms with van der Waals surface area (Å²) in [7, 11) is 3.22. The second-order valence-electron chi connectivity index (χ2n) is 15.3. The highest BCUT2D eigenvalue weighted by Crippen LogP contribution is 2.17. The van der Waals surface area contributed by atoms with E-state index in [1.54, 1.807) is 78.6 Å². The number of pyridine rings is 2. The van der Waals surface area contributed by atoms with Crippen LogP contribution in [0.2, 0.25) is 0 Å². The molecule has 310 valence electrons. The number of carbonyl (C=O) groups is 4. The number of aliphatic hydroxyl groups excluding tert-OH is 2. The molecule has 2 heterocycles. The van der Waals surface area contributed by atoms with E-state index in [4.69, 9.17) is 0 Å². The van der Waals surface area contributed by atoms with E-state index in [2.05, 4.69) is 31.2 Å². The first-order valence-corrected chi connectivity index (χ1v) is 19.6. The van der Waals surface area contributed by atoms with Gasteiger partial charge in [0.2, 0.25) is 11.8 Å². The van der Waals surface area contributed by atoms with Gasteiger partial charge in [-0.25, -0.2) is 9.59 Å². The molecule has 0 spiro atoms. The fourth-order valence-corrected chi connectivity index (χ4v) is 6.47. The van der Waals surface area contributed by atoms with Crippen molar-refractivity contribution in [1.29, 1.82) is 0 Å². The average molecular weight is 795 g/mol. The lowest BCUT2D eigenvalue weighted by Gasteiger charge is -2.35. The fourth-order valence-electron chi connectivity index (χ4n) is 6.47. The van der Waals surface area contributed by atoms with Gasteiger partial charge in [-0.2, -0.15) is 0 Å². The Morgan fingerprint density at radius 1 is 0.569 bits per heavy atom. The number of rotatable bonds is 19. The summed E-state index contributed by atoms with van der Waals surface area (Å²) in [5, 5.41) is 35.5. The van der Waals surface area contributed by atoms with Crippen LogP contribution in [0.25, 0.3) is 0 Å². The van der Waals surface area contributed by atoms with Crippen molar-refractivity contribution in [1.82, 2.24) is 41.0 Å². The maximum absolute atomic E-state index is 14.0. The van der Waals surface area contributed by atoms with Gasteiger partial charge in [0.1, 0.15) is 24.3 Å². The van der Waals surface area contributed by atoms with Gasteiger partial charge in [-0.15, -0.1) is 0 Å². The summed E-state index contributed by atoms with van der Waals surface area (Å²) in [6.07, 6.45) is 2.02. The Balaban J connectivity index is 1.56. The van der Waals surface area contributed by atoms with Gasteiger partial charge in [-0.3, -0.25) is 19.6 Å². The first-order chi connectivity index (χ1) is 27.7. The number of benzene rings is 2. The number of aliphatic hydroxyl groups is 2. The molecule has 0 aliphatic carbocycles. The zero-order valence-electron chi connectivity index (χ0n) is 34.2. The van der Waals surface area contributed by atoms with Crippen molar-refractivity contribution in [3.05, 3.63) is 132 Å². The van der Waals surface area contributed by atoms with Crippen molar-refractivity contribution in [3.8, 4) is 0 Å². The molecular formula is C44H58N8O6. The van der Waals surface area contributed by atoms with Crippen LogP contribution < -0.4 is 21.3 Å². The number of hydrogen-bond donors (Lipinski definition) is 6. The first kappa shape index (κ1) is 44.8. The van der Waals surface area contributed by atoms with Gasteiger partial charge in [-0.05, 0) is 59.6 Å². The summed E-state index contributed by atoms with van der Waals surface area (Å²) in [5.74, 6) is -1.79. The maximum Gasteiger partial charge on any atom is 0.318 e. The van der Waals surface area contributed by atoms with Crippen molar-refractivity contribution in [2.45, 2.75) is 90.0 Å². The van der Waals surface area contributed by atoms with Gasteiger partial charge in [0.25, 0.3) is 0 Å². The Hall–Kier alpha value is -5.86. The van der Waals surface area contributed by atoms with Crippen LogP contribution in [0.15, 0.2) is 110 Å². The third kappa shape index (κ3) is 13.7. The number of nitrogens with one attached hydrogen (secondary N) is 4. The molecule has 14 heteroatoms. The van der Waals surface area contributed by atoms with E-state index >= 15 is 0 Å². The lowest BCUT2D eigenvalue weighted by Crippen LogP contribution is -2.62. The third-order valence-corrected chi connectivity index (χ3v) is 9.84. The molecule has 58 heavy (non-hydrogen) atoms.